The first-order valence-corrected chi connectivity index (χ1v) is 7.96. The standard InChI is InChI=1S/C18H30O2/c1-2-3-4-5-6-7-8-9-10-11-12-13-14-15-16-17-18(19)20/h9-10,12-13,16-17H,2-8,11,14-15H2,1H3,(H,19,20)/b10-9+,13-12+,17-16+. The van der Waals surface area contributed by atoms with Gasteiger partial charge < -0.3 is 5.11 Å². The van der Waals surface area contributed by atoms with E-state index in [1.165, 1.54) is 51.0 Å². The van der Waals surface area contributed by atoms with Crippen LogP contribution in [0.1, 0.15) is 71.1 Å². The number of carboxylic acids is 1. The Bertz CT molecular complexity index is 301. The SMILES string of the molecule is CCCCCCCC/C=C/C/C=C/CC/C=C/C(=O)O. The fraction of sp³-hybridized carbons (Fsp3) is 0.611. The van der Waals surface area contributed by atoms with Crippen LogP contribution in [-0.2, 0) is 4.79 Å². The molecule has 0 aliphatic rings. The van der Waals surface area contributed by atoms with Gasteiger partial charge in [-0.1, -0.05) is 69.4 Å². The van der Waals surface area contributed by atoms with Crippen LogP contribution in [0.3, 0.4) is 0 Å². The molecule has 0 aromatic heterocycles. The zero-order valence-electron chi connectivity index (χ0n) is 12.9. The molecule has 0 aliphatic heterocycles. The van der Waals surface area contributed by atoms with E-state index in [2.05, 4.69) is 31.2 Å². The maximum absolute atomic E-state index is 10.2. The lowest BCUT2D eigenvalue weighted by atomic mass is 10.1. The fourth-order valence-electron chi connectivity index (χ4n) is 1.93. The second-order valence-corrected chi connectivity index (χ2v) is 5.05. The molecule has 20 heavy (non-hydrogen) atoms. The van der Waals surface area contributed by atoms with Crippen LogP contribution in [0.25, 0.3) is 0 Å². The normalized spacial score (nSPS) is 12.1. The third kappa shape index (κ3) is 16.7. The summed E-state index contributed by atoms with van der Waals surface area (Å²) in [5, 5.41) is 8.40. The lowest BCUT2D eigenvalue weighted by Gasteiger charge is -1.97. The Kier molecular flexibility index (Phi) is 14.7. The van der Waals surface area contributed by atoms with Gasteiger partial charge in [0.15, 0.2) is 0 Å². The van der Waals surface area contributed by atoms with Crippen molar-refractivity contribution in [1.82, 2.24) is 0 Å². The molecule has 0 bridgehead atoms. The van der Waals surface area contributed by atoms with Crippen molar-refractivity contribution < 1.29 is 9.90 Å². The topological polar surface area (TPSA) is 37.3 Å². The van der Waals surface area contributed by atoms with Crippen LogP contribution in [-0.4, -0.2) is 11.1 Å². The summed E-state index contributed by atoms with van der Waals surface area (Å²) in [6.07, 6.45) is 23.7. The van der Waals surface area contributed by atoms with Crippen LogP contribution in [0.5, 0.6) is 0 Å². The summed E-state index contributed by atoms with van der Waals surface area (Å²) in [5.41, 5.74) is 0. The van der Waals surface area contributed by atoms with Crippen molar-refractivity contribution in [2.45, 2.75) is 71.1 Å². The first kappa shape index (κ1) is 18.7. The van der Waals surface area contributed by atoms with Crippen molar-refractivity contribution in [3.8, 4) is 0 Å². The predicted molar refractivity (Wildman–Crippen MR) is 86.9 cm³/mol. The van der Waals surface area contributed by atoms with E-state index in [0.29, 0.717) is 0 Å². The van der Waals surface area contributed by atoms with Gasteiger partial charge in [-0.25, -0.2) is 4.79 Å². The average Bonchev–Trinajstić information content (AvgIpc) is 2.43. The van der Waals surface area contributed by atoms with Gasteiger partial charge in [0.1, 0.15) is 0 Å². The summed E-state index contributed by atoms with van der Waals surface area (Å²) >= 11 is 0. The van der Waals surface area contributed by atoms with Crippen LogP contribution in [0.4, 0.5) is 0 Å². The molecule has 2 heteroatoms. The molecule has 0 aromatic rings. The lowest BCUT2D eigenvalue weighted by molar-refractivity contribution is -0.131. The molecule has 0 rings (SSSR count). The van der Waals surface area contributed by atoms with Gasteiger partial charge in [0, 0.05) is 6.08 Å². The fourth-order valence-corrected chi connectivity index (χ4v) is 1.93. The molecule has 0 amide bonds. The van der Waals surface area contributed by atoms with Crippen molar-refractivity contribution >= 4 is 5.97 Å². The number of hydrogen-bond donors (Lipinski definition) is 1. The van der Waals surface area contributed by atoms with E-state index in [1.807, 2.05) is 0 Å². The molecule has 0 aromatic carbocycles. The average molecular weight is 278 g/mol. The smallest absolute Gasteiger partial charge is 0.327 e. The van der Waals surface area contributed by atoms with Gasteiger partial charge in [-0.05, 0) is 32.1 Å². The Hall–Kier alpha value is -1.31. The van der Waals surface area contributed by atoms with Gasteiger partial charge in [-0.3, -0.25) is 0 Å². The van der Waals surface area contributed by atoms with Crippen LogP contribution in [0, 0.1) is 0 Å². The van der Waals surface area contributed by atoms with Crippen LogP contribution in [0.15, 0.2) is 36.5 Å². The van der Waals surface area contributed by atoms with Gasteiger partial charge >= 0.3 is 5.97 Å². The largest absolute Gasteiger partial charge is 0.478 e. The molecule has 114 valence electrons. The second kappa shape index (κ2) is 15.7. The maximum Gasteiger partial charge on any atom is 0.327 e. The quantitative estimate of drug-likeness (QED) is 0.268. The highest BCUT2D eigenvalue weighted by Gasteiger charge is 1.87. The monoisotopic (exact) mass is 278 g/mol. The minimum Gasteiger partial charge on any atom is -0.478 e. The van der Waals surface area contributed by atoms with E-state index in [1.54, 1.807) is 6.08 Å². The molecule has 2 nitrogen and oxygen atoms in total. The number of hydrogen-bond acceptors (Lipinski definition) is 1. The number of carbonyl (C=O) groups is 1. The van der Waals surface area contributed by atoms with Gasteiger partial charge in [-0.2, -0.15) is 0 Å². The Labute approximate surface area is 124 Å². The van der Waals surface area contributed by atoms with Crippen molar-refractivity contribution in [3.05, 3.63) is 36.5 Å². The van der Waals surface area contributed by atoms with Gasteiger partial charge in [0.2, 0.25) is 0 Å². The highest BCUT2D eigenvalue weighted by molar-refractivity contribution is 5.79. The zero-order chi connectivity index (χ0) is 14.9. The highest BCUT2D eigenvalue weighted by atomic mass is 16.4. The number of unbranched alkanes of at least 4 members (excludes halogenated alkanes) is 7. The van der Waals surface area contributed by atoms with E-state index in [0.717, 1.165) is 19.3 Å². The molecule has 0 aliphatic carbocycles. The Morgan fingerprint density at radius 2 is 1.40 bits per heavy atom. The zero-order valence-corrected chi connectivity index (χ0v) is 12.9. The van der Waals surface area contributed by atoms with E-state index >= 15 is 0 Å². The molecule has 0 spiro atoms. The number of carboxylic acid groups (broad SMARTS) is 1. The minimum absolute atomic E-state index is 0.796. The molecule has 0 saturated heterocycles. The molecular formula is C18H30O2. The summed E-state index contributed by atoms with van der Waals surface area (Å²) in [6.45, 7) is 2.25. The first-order chi connectivity index (χ1) is 9.77. The predicted octanol–water partition coefficient (Wildman–Crippen LogP) is 5.66. The van der Waals surface area contributed by atoms with E-state index < -0.39 is 5.97 Å². The summed E-state index contributed by atoms with van der Waals surface area (Å²) in [5.74, 6) is -0.869. The molecule has 0 saturated carbocycles. The third-order valence-corrected chi connectivity index (χ3v) is 3.09. The van der Waals surface area contributed by atoms with Crippen LogP contribution < -0.4 is 0 Å². The van der Waals surface area contributed by atoms with E-state index in [4.69, 9.17) is 5.11 Å². The molecule has 0 atom stereocenters. The minimum atomic E-state index is -0.869. The first-order valence-electron chi connectivity index (χ1n) is 7.96. The molecule has 0 heterocycles. The highest BCUT2D eigenvalue weighted by Crippen LogP contribution is 2.07. The van der Waals surface area contributed by atoms with Crippen molar-refractivity contribution in [1.29, 1.82) is 0 Å². The number of allylic oxidation sites excluding steroid dienone is 5. The summed E-state index contributed by atoms with van der Waals surface area (Å²) in [6, 6.07) is 0. The van der Waals surface area contributed by atoms with E-state index in [9.17, 15) is 4.79 Å². The van der Waals surface area contributed by atoms with Gasteiger partial charge in [0.05, 0.1) is 0 Å². The number of rotatable bonds is 13. The molecule has 0 fully saturated rings. The maximum atomic E-state index is 10.2. The third-order valence-electron chi connectivity index (χ3n) is 3.09. The summed E-state index contributed by atoms with van der Waals surface area (Å²) in [7, 11) is 0. The lowest BCUT2D eigenvalue weighted by Crippen LogP contribution is -1.85. The molecule has 1 N–H and O–H groups in total. The van der Waals surface area contributed by atoms with Crippen LogP contribution in [0.2, 0.25) is 0 Å². The van der Waals surface area contributed by atoms with Crippen molar-refractivity contribution in [2.24, 2.45) is 0 Å². The Balaban J connectivity index is 3.28. The van der Waals surface area contributed by atoms with E-state index in [-0.39, 0.29) is 0 Å². The molecule has 0 radical (unpaired) electrons. The van der Waals surface area contributed by atoms with Crippen molar-refractivity contribution in [3.63, 3.8) is 0 Å². The summed E-state index contributed by atoms with van der Waals surface area (Å²) in [4.78, 5) is 10.2. The Morgan fingerprint density at radius 1 is 0.800 bits per heavy atom. The summed E-state index contributed by atoms with van der Waals surface area (Å²) < 4.78 is 0. The van der Waals surface area contributed by atoms with Gasteiger partial charge in [0.25, 0.3) is 0 Å². The van der Waals surface area contributed by atoms with Gasteiger partial charge in [-0.15, -0.1) is 0 Å². The number of aliphatic carboxylic acids is 1. The molecular weight excluding hydrogens is 248 g/mol. The van der Waals surface area contributed by atoms with Crippen LogP contribution >= 0.6 is 0 Å². The molecule has 0 unspecified atom stereocenters. The van der Waals surface area contributed by atoms with Crippen molar-refractivity contribution in [2.75, 3.05) is 0 Å². The Morgan fingerprint density at radius 3 is 2.10 bits per heavy atom. The second-order valence-electron chi connectivity index (χ2n) is 5.05.